The van der Waals surface area contributed by atoms with E-state index in [-0.39, 0.29) is 23.8 Å². The van der Waals surface area contributed by atoms with E-state index < -0.39 is 36.4 Å². The van der Waals surface area contributed by atoms with Crippen molar-refractivity contribution in [1.29, 1.82) is 0 Å². The first-order valence-electron chi connectivity index (χ1n) is 6.71. The number of hydrogen-bond acceptors (Lipinski definition) is 3. The number of carbonyl (C=O) groups is 1. The molecule has 1 saturated heterocycles. The van der Waals surface area contributed by atoms with E-state index in [1.807, 2.05) is 0 Å². The lowest BCUT2D eigenvalue weighted by Crippen LogP contribution is -2.43. The molecule has 24 heavy (non-hydrogen) atoms. The Kier molecular flexibility index (Phi) is 4.89. The standard InChI is InChI=1S/C13H12ClF6N3O/c1-22(9-2-3-23(11(9)24)6-12(15,16)17)10-8(14)4-7(5-21-10)13(18,19)20/h4-5,9H,2-3,6H2,1H3. The smallest absolute Gasteiger partial charge is 0.346 e. The zero-order valence-electron chi connectivity index (χ0n) is 12.2. The molecule has 0 aliphatic carbocycles. The Hall–Kier alpha value is -1.71. The van der Waals surface area contributed by atoms with Crippen molar-refractivity contribution in [3.63, 3.8) is 0 Å². The first kappa shape index (κ1) is 18.6. The van der Waals surface area contributed by atoms with Gasteiger partial charge in [-0.2, -0.15) is 26.3 Å². The Labute approximate surface area is 138 Å². The summed E-state index contributed by atoms with van der Waals surface area (Å²) in [5.41, 5.74) is -1.05. The van der Waals surface area contributed by atoms with Gasteiger partial charge in [-0.3, -0.25) is 4.79 Å². The molecule has 1 unspecified atom stereocenters. The molecule has 1 fully saturated rings. The van der Waals surface area contributed by atoms with Crippen LogP contribution in [0.25, 0.3) is 0 Å². The number of rotatable bonds is 3. The van der Waals surface area contributed by atoms with Gasteiger partial charge in [-0.1, -0.05) is 11.6 Å². The van der Waals surface area contributed by atoms with E-state index in [0.29, 0.717) is 17.2 Å². The minimum absolute atomic E-state index is 0.0877. The number of amides is 1. The quantitative estimate of drug-likeness (QED) is 0.760. The zero-order valence-corrected chi connectivity index (χ0v) is 13.0. The Morgan fingerprint density at radius 2 is 1.96 bits per heavy atom. The van der Waals surface area contributed by atoms with Crippen LogP contribution in [0.1, 0.15) is 12.0 Å². The molecule has 0 N–H and O–H groups in total. The topological polar surface area (TPSA) is 36.4 Å². The SMILES string of the molecule is CN(c1ncc(C(F)(F)F)cc1Cl)C1CCN(CC(F)(F)F)C1=O. The minimum Gasteiger partial charge on any atom is -0.346 e. The summed E-state index contributed by atoms with van der Waals surface area (Å²) in [6, 6.07) is -0.304. The van der Waals surface area contributed by atoms with Crippen LogP contribution in [0.15, 0.2) is 12.3 Å². The molecule has 11 heteroatoms. The number of aromatic nitrogens is 1. The van der Waals surface area contributed by atoms with Crippen LogP contribution in [-0.4, -0.2) is 48.1 Å². The second-order valence-corrected chi connectivity index (χ2v) is 5.72. The monoisotopic (exact) mass is 375 g/mol. The summed E-state index contributed by atoms with van der Waals surface area (Å²) in [7, 11) is 1.35. The fraction of sp³-hybridized carbons (Fsp3) is 0.538. The number of nitrogens with zero attached hydrogens (tertiary/aromatic N) is 3. The van der Waals surface area contributed by atoms with Crippen molar-refractivity contribution in [3.05, 3.63) is 22.8 Å². The lowest BCUT2D eigenvalue weighted by atomic mass is 10.2. The predicted molar refractivity (Wildman–Crippen MR) is 73.7 cm³/mol. The van der Waals surface area contributed by atoms with Crippen molar-refractivity contribution >= 4 is 23.3 Å². The number of anilines is 1. The highest BCUT2D eigenvalue weighted by Gasteiger charge is 2.41. The molecule has 0 saturated carbocycles. The molecule has 0 radical (unpaired) electrons. The molecule has 4 nitrogen and oxygen atoms in total. The van der Waals surface area contributed by atoms with Crippen molar-refractivity contribution in [2.75, 3.05) is 25.0 Å². The molecule has 1 atom stereocenters. The molecule has 1 aliphatic heterocycles. The molecule has 0 bridgehead atoms. The summed E-state index contributed by atoms with van der Waals surface area (Å²) in [6.07, 6.45) is -8.50. The molecule has 2 rings (SSSR count). The summed E-state index contributed by atoms with van der Waals surface area (Å²) >= 11 is 5.79. The van der Waals surface area contributed by atoms with Crippen LogP contribution in [0.4, 0.5) is 32.2 Å². The maximum absolute atomic E-state index is 12.6. The van der Waals surface area contributed by atoms with E-state index in [2.05, 4.69) is 4.98 Å². The molecular formula is C13H12ClF6N3O. The third kappa shape index (κ3) is 4.03. The van der Waals surface area contributed by atoms with Crippen LogP contribution in [-0.2, 0) is 11.0 Å². The van der Waals surface area contributed by atoms with E-state index in [4.69, 9.17) is 11.6 Å². The first-order chi connectivity index (χ1) is 10.9. The van der Waals surface area contributed by atoms with Crippen LogP contribution >= 0.6 is 11.6 Å². The van der Waals surface area contributed by atoms with E-state index in [0.717, 1.165) is 0 Å². The first-order valence-corrected chi connectivity index (χ1v) is 7.09. The Balaban J connectivity index is 2.18. The highest BCUT2D eigenvalue weighted by atomic mass is 35.5. The average molecular weight is 376 g/mol. The zero-order chi connectivity index (χ0) is 18.3. The van der Waals surface area contributed by atoms with E-state index in [1.165, 1.54) is 11.9 Å². The highest BCUT2D eigenvalue weighted by molar-refractivity contribution is 6.33. The van der Waals surface area contributed by atoms with Crippen molar-refractivity contribution in [2.24, 2.45) is 0 Å². The van der Waals surface area contributed by atoms with E-state index >= 15 is 0 Å². The number of carbonyl (C=O) groups excluding carboxylic acids is 1. The Morgan fingerprint density at radius 3 is 2.46 bits per heavy atom. The lowest BCUT2D eigenvalue weighted by Gasteiger charge is -2.26. The average Bonchev–Trinajstić information content (AvgIpc) is 2.76. The third-order valence-corrected chi connectivity index (χ3v) is 3.87. The van der Waals surface area contributed by atoms with Gasteiger partial charge in [0.2, 0.25) is 5.91 Å². The van der Waals surface area contributed by atoms with Gasteiger partial charge in [-0.25, -0.2) is 4.98 Å². The second kappa shape index (κ2) is 6.30. The van der Waals surface area contributed by atoms with Crippen molar-refractivity contribution in [3.8, 4) is 0 Å². The fourth-order valence-corrected chi connectivity index (χ4v) is 2.75. The molecule has 1 aliphatic rings. The van der Waals surface area contributed by atoms with Gasteiger partial charge in [-0.15, -0.1) is 0 Å². The van der Waals surface area contributed by atoms with Gasteiger partial charge < -0.3 is 9.80 Å². The predicted octanol–water partition coefficient (Wildman–Crippen LogP) is 3.35. The van der Waals surface area contributed by atoms with Gasteiger partial charge >= 0.3 is 12.4 Å². The van der Waals surface area contributed by atoms with Gasteiger partial charge in [0.1, 0.15) is 18.4 Å². The van der Waals surface area contributed by atoms with Gasteiger partial charge in [0, 0.05) is 19.8 Å². The Bertz CT molecular complexity index is 633. The number of hydrogen-bond donors (Lipinski definition) is 0. The molecule has 0 spiro atoms. The molecular weight excluding hydrogens is 364 g/mol. The number of halogens is 7. The number of likely N-dealkylation sites (N-methyl/N-ethyl adjacent to an activating group) is 1. The second-order valence-electron chi connectivity index (χ2n) is 5.32. The van der Waals surface area contributed by atoms with Crippen molar-refractivity contribution in [2.45, 2.75) is 24.8 Å². The molecule has 1 amide bonds. The number of likely N-dealkylation sites (tertiary alicyclic amines) is 1. The van der Waals surface area contributed by atoms with Gasteiger partial charge in [-0.05, 0) is 12.5 Å². The lowest BCUT2D eigenvalue weighted by molar-refractivity contribution is -0.157. The third-order valence-electron chi connectivity index (χ3n) is 3.59. The summed E-state index contributed by atoms with van der Waals surface area (Å²) in [6.45, 7) is -1.48. The van der Waals surface area contributed by atoms with Crippen LogP contribution in [0, 0.1) is 0 Å². The van der Waals surface area contributed by atoms with E-state index in [1.54, 1.807) is 0 Å². The molecule has 134 valence electrons. The van der Waals surface area contributed by atoms with Crippen LogP contribution in [0.5, 0.6) is 0 Å². The molecule has 1 aromatic rings. The number of alkyl halides is 6. The van der Waals surface area contributed by atoms with Crippen molar-refractivity contribution < 1.29 is 31.1 Å². The summed E-state index contributed by atoms with van der Waals surface area (Å²) < 4.78 is 75.0. The maximum atomic E-state index is 12.6. The summed E-state index contributed by atoms with van der Waals surface area (Å²) in [5.74, 6) is -0.871. The Morgan fingerprint density at radius 1 is 1.33 bits per heavy atom. The van der Waals surface area contributed by atoms with Crippen LogP contribution in [0.3, 0.4) is 0 Å². The van der Waals surface area contributed by atoms with Gasteiger partial charge in [0.25, 0.3) is 0 Å². The summed E-state index contributed by atoms with van der Waals surface area (Å²) in [5, 5.41) is -0.339. The molecule has 2 heterocycles. The van der Waals surface area contributed by atoms with Gasteiger partial charge in [0.15, 0.2) is 0 Å². The normalized spacial score (nSPS) is 19.1. The van der Waals surface area contributed by atoms with Crippen LogP contribution in [0.2, 0.25) is 5.02 Å². The number of pyridine rings is 1. The molecule has 1 aromatic heterocycles. The van der Waals surface area contributed by atoms with Crippen molar-refractivity contribution in [1.82, 2.24) is 9.88 Å². The largest absolute Gasteiger partial charge is 0.417 e. The maximum Gasteiger partial charge on any atom is 0.417 e. The van der Waals surface area contributed by atoms with E-state index in [9.17, 15) is 31.1 Å². The highest BCUT2D eigenvalue weighted by Crippen LogP contribution is 2.34. The minimum atomic E-state index is -4.62. The fourth-order valence-electron chi connectivity index (χ4n) is 2.45. The molecule has 0 aromatic carbocycles. The van der Waals surface area contributed by atoms with Gasteiger partial charge in [0.05, 0.1) is 10.6 Å². The van der Waals surface area contributed by atoms with Crippen LogP contribution < -0.4 is 4.90 Å². The summed E-state index contributed by atoms with van der Waals surface area (Å²) in [4.78, 5) is 17.5.